The Bertz CT molecular complexity index is 1310. The summed E-state index contributed by atoms with van der Waals surface area (Å²) in [6, 6.07) is 17.4. The molecular formula is C22H17N5O2. The first kappa shape index (κ1) is 17.0. The van der Waals surface area contributed by atoms with Gasteiger partial charge in [-0.05, 0) is 18.2 Å². The van der Waals surface area contributed by atoms with Gasteiger partial charge < -0.3 is 14.5 Å². The van der Waals surface area contributed by atoms with Crippen molar-refractivity contribution in [2.45, 2.75) is 0 Å². The van der Waals surface area contributed by atoms with Gasteiger partial charge in [-0.2, -0.15) is 5.10 Å². The third-order valence-electron chi connectivity index (χ3n) is 4.73. The van der Waals surface area contributed by atoms with Crippen molar-refractivity contribution in [3.63, 3.8) is 0 Å². The van der Waals surface area contributed by atoms with Crippen LogP contribution in [0.4, 0.5) is 5.82 Å². The molecule has 0 unspecified atom stereocenters. The van der Waals surface area contributed by atoms with Gasteiger partial charge in [0.05, 0.1) is 17.5 Å². The number of hydrogen-bond acceptors (Lipinski definition) is 5. The van der Waals surface area contributed by atoms with Gasteiger partial charge in [0.1, 0.15) is 11.4 Å². The zero-order chi connectivity index (χ0) is 19.8. The molecule has 29 heavy (non-hydrogen) atoms. The minimum atomic E-state index is 0.0123. The minimum Gasteiger partial charge on any atom is -0.494 e. The van der Waals surface area contributed by atoms with E-state index in [4.69, 9.17) is 4.42 Å². The summed E-state index contributed by atoms with van der Waals surface area (Å²) < 4.78 is 7.15. The van der Waals surface area contributed by atoms with Crippen LogP contribution in [0.2, 0.25) is 0 Å². The first-order chi connectivity index (χ1) is 14.2. The third kappa shape index (κ3) is 3.08. The second-order valence-corrected chi connectivity index (χ2v) is 6.62. The van der Waals surface area contributed by atoms with Crippen molar-refractivity contribution in [1.29, 1.82) is 0 Å². The summed E-state index contributed by atoms with van der Waals surface area (Å²) in [5, 5.41) is 15.6. The summed E-state index contributed by atoms with van der Waals surface area (Å²) in [6.07, 6.45) is 4.93. The number of aromatic hydroxyl groups is 1. The number of nitrogens with zero attached hydrogens (tertiary/aromatic N) is 4. The van der Waals surface area contributed by atoms with Crippen LogP contribution in [-0.4, -0.2) is 31.1 Å². The average Bonchev–Trinajstić information content (AvgIpc) is 3.46. The van der Waals surface area contributed by atoms with Gasteiger partial charge in [0.15, 0.2) is 11.7 Å². The molecule has 1 aromatic carbocycles. The number of aliphatic imine (C=N–C) groups is 1. The van der Waals surface area contributed by atoms with Gasteiger partial charge in [0, 0.05) is 42.0 Å². The zero-order valence-corrected chi connectivity index (χ0v) is 15.6. The Balaban J connectivity index is 1.53. The maximum Gasteiger partial charge on any atom is 0.199 e. The minimum absolute atomic E-state index is 0.0123. The van der Waals surface area contributed by atoms with E-state index >= 15 is 0 Å². The van der Waals surface area contributed by atoms with Crippen LogP contribution in [0.25, 0.3) is 33.6 Å². The van der Waals surface area contributed by atoms with E-state index in [0.717, 1.165) is 22.2 Å². The molecule has 5 aromatic rings. The second kappa shape index (κ2) is 6.79. The van der Waals surface area contributed by atoms with Crippen molar-refractivity contribution in [2.75, 3.05) is 0 Å². The molecule has 7 heteroatoms. The Morgan fingerprint density at radius 2 is 1.97 bits per heavy atom. The SMILES string of the molecule is Cn1nc(-c2ccccc2)cc1N=Cc1c(O)[nH]c2ncc(-c3ccco3)cc12. The summed E-state index contributed by atoms with van der Waals surface area (Å²) >= 11 is 0. The summed E-state index contributed by atoms with van der Waals surface area (Å²) in [7, 11) is 1.84. The molecule has 0 aliphatic carbocycles. The number of nitrogens with one attached hydrogen (secondary N) is 1. The molecule has 0 aliphatic heterocycles. The van der Waals surface area contributed by atoms with Crippen LogP contribution < -0.4 is 0 Å². The fraction of sp³-hybridized carbons (Fsp3) is 0.0455. The van der Waals surface area contributed by atoms with Gasteiger partial charge in [0.25, 0.3) is 0 Å². The number of aryl methyl sites for hydroxylation is 1. The molecule has 0 spiro atoms. The van der Waals surface area contributed by atoms with E-state index in [1.807, 2.05) is 61.6 Å². The highest BCUT2D eigenvalue weighted by Crippen LogP contribution is 2.30. The van der Waals surface area contributed by atoms with Gasteiger partial charge in [-0.1, -0.05) is 30.3 Å². The molecule has 142 valence electrons. The third-order valence-corrected chi connectivity index (χ3v) is 4.73. The maximum absolute atomic E-state index is 10.4. The van der Waals surface area contributed by atoms with E-state index in [9.17, 15) is 5.11 Å². The van der Waals surface area contributed by atoms with Gasteiger partial charge in [0.2, 0.25) is 0 Å². The Kier molecular flexibility index (Phi) is 3.98. The predicted molar refractivity (Wildman–Crippen MR) is 111 cm³/mol. The average molecular weight is 383 g/mol. The molecule has 0 aliphatic rings. The summed E-state index contributed by atoms with van der Waals surface area (Å²) in [4.78, 5) is 11.8. The molecular weight excluding hydrogens is 366 g/mol. The predicted octanol–water partition coefficient (Wildman–Crippen LogP) is 4.68. The topological polar surface area (TPSA) is 92.2 Å². The lowest BCUT2D eigenvalue weighted by Gasteiger charge is -1.98. The van der Waals surface area contributed by atoms with Crippen LogP contribution in [0.3, 0.4) is 0 Å². The summed E-state index contributed by atoms with van der Waals surface area (Å²) in [5.41, 5.74) is 3.82. The molecule has 4 aromatic heterocycles. The highest BCUT2D eigenvalue weighted by molar-refractivity contribution is 6.02. The monoisotopic (exact) mass is 383 g/mol. The highest BCUT2D eigenvalue weighted by Gasteiger charge is 2.13. The quantitative estimate of drug-likeness (QED) is 0.441. The van der Waals surface area contributed by atoms with Gasteiger partial charge in [-0.15, -0.1) is 0 Å². The Morgan fingerprint density at radius 1 is 1.10 bits per heavy atom. The number of benzene rings is 1. The largest absolute Gasteiger partial charge is 0.494 e. The first-order valence-corrected chi connectivity index (χ1v) is 9.07. The lowest BCUT2D eigenvalue weighted by Crippen LogP contribution is -1.90. The Labute approximate surface area is 166 Å². The van der Waals surface area contributed by atoms with Gasteiger partial charge in [-0.25, -0.2) is 9.98 Å². The van der Waals surface area contributed by atoms with E-state index in [1.54, 1.807) is 23.4 Å². The van der Waals surface area contributed by atoms with Crippen molar-refractivity contribution in [1.82, 2.24) is 19.7 Å². The van der Waals surface area contributed by atoms with Crippen LogP contribution >= 0.6 is 0 Å². The number of rotatable bonds is 4. The number of furan rings is 1. The van der Waals surface area contributed by atoms with Crippen molar-refractivity contribution >= 4 is 23.1 Å². The van der Waals surface area contributed by atoms with E-state index < -0.39 is 0 Å². The van der Waals surface area contributed by atoms with E-state index in [2.05, 4.69) is 20.1 Å². The number of hydrogen-bond donors (Lipinski definition) is 2. The molecule has 0 saturated heterocycles. The van der Waals surface area contributed by atoms with Crippen LogP contribution in [0.5, 0.6) is 5.88 Å². The van der Waals surface area contributed by atoms with E-state index in [1.165, 1.54) is 0 Å². The normalized spacial score (nSPS) is 11.6. The van der Waals surface area contributed by atoms with Crippen molar-refractivity contribution in [3.05, 3.63) is 72.6 Å². The molecule has 0 amide bonds. The smallest absolute Gasteiger partial charge is 0.199 e. The molecule has 2 N–H and O–H groups in total. The summed E-state index contributed by atoms with van der Waals surface area (Å²) in [6.45, 7) is 0. The lowest BCUT2D eigenvalue weighted by atomic mass is 10.1. The Hall–Kier alpha value is -4.13. The molecule has 5 rings (SSSR count). The maximum atomic E-state index is 10.4. The summed E-state index contributed by atoms with van der Waals surface area (Å²) in [5.74, 6) is 1.40. The number of H-pyrrole nitrogens is 1. The van der Waals surface area contributed by atoms with Gasteiger partial charge >= 0.3 is 0 Å². The molecule has 0 fully saturated rings. The number of pyridine rings is 1. The molecule has 0 atom stereocenters. The number of aromatic amines is 1. The van der Waals surface area contributed by atoms with Crippen LogP contribution in [0, 0.1) is 0 Å². The fourth-order valence-electron chi connectivity index (χ4n) is 3.24. The molecule has 0 bridgehead atoms. The van der Waals surface area contributed by atoms with E-state index in [-0.39, 0.29) is 5.88 Å². The number of fused-ring (bicyclic) bond motifs is 1. The highest BCUT2D eigenvalue weighted by atomic mass is 16.3. The van der Waals surface area contributed by atoms with Crippen molar-refractivity contribution in [3.8, 4) is 28.5 Å². The van der Waals surface area contributed by atoms with Crippen LogP contribution in [-0.2, 0) is 7.05 Å². The lowest BCUT2D eigenvalue weighted by molar-refractivity contribution is 0.457. The molecule has 4 heterocycles. The number of aromatic nitrogens is 4. The van der Waals surface area contributed by atoms with Crippen molar-refractivity contribution < 1.29 is 9.52 Å². The fourth-order valence-corrected chi connectivity index (χ4v) is 3.24. The molecule has 0 saturated carbocycles. The van der Waals surface area contributed by atoms with Crippen molar-refractivity contribution in [2.24, 2.45) is 12.0 Å². The van der Waals surface area contributed by atoms with Crippen LogP contribution in [0.15, 0.2) is 76.5 Å². The molecule has 0 radical (unpaired) electrons. The van der Waals surface area contributed by atoms with E-state index in [0.29, 0.717) is 22.8 Å². The molecule has 7 nitrogen and oxygen atoms in total. The first-order valence-electron chi connectivity index (χ1n) is 9.07. The Morgan fingerprint density at radius 3 is 2.76 bits per heavy atom. The zero-order valence-electron chi connectivity index (χ0n) is 15.6. The van der Waals surface area contributed by atoms with Crippen LogP contribution in [0.1, 0.15) is 5.56 Å². The standard InChI is InChI=1S/C22H17N5O2/c1-27-20(11-18(26-27)14-6-3-2-4-7-14)23-13-17-16-10-15(19-8-5-9-29-19)12-24-21(16)25-22(17)28/h2-13,28H,1H3,(H,24,25). The van der Waals surface area contributed by atoms with Gasteiger partial charge in [-0.3, -0.25) is 4.68 Å². The second-order valence-electron chi connectivity index (χ2n) is 6.62.